The van der Waals surface area contributed by atoms with Crippen LogP contribution in [0.5, 0.6) is 17.4 Å². The third-order valence-electron chi connectivity index (χ3n) is 6.41. The molecular weight excluding hydrogens is 496 g/mol. The Morgan fingerprint density at radius 2 is 2.00 bits per heavy atom. The summed E-state index contributed by atoms with van der Waals surface area (Å²) in [7, 11) is -4.28. The number of anilines is 1. The molecule has 0 spiro atoms. The first-order valence-corrected chi connectivity index (χ1v) is 13.4. The molecule has 2 aliphatic rings. The molecular formula is C26H30N4O6S. The first-order valence-electron chi connectivity index (χ1n) is 11.9. The lowest BCUT2D eigenvalue weighted by molar-refractivity contribution is 0.0981. The second kappa shape index (κ2) is 9.55. The van der Waals surface area contributed by atoms with E-state index in [0.29, 0.717) is 23.2 Å². The first kappa shape index (κ1) is 24.8. The molecule has 10 nitrogen and oxygen atoms in total. The van der Waals surface area contributed by atoms with Crippen LogP contribution in [0.2, 0.25) is 0 Å². The highest BCUT2D eigenvalue weighted by Gasteiger charge is 2.39. The van der Waals surface area contributed by atoms with Crippen molar-refractivity contribution in [1.29, 1.82) is 0 Å². The summed E-state index contributed by atoms with van der Waals surface area (Å²) in [4.78, 5) is 23.8. The van der Waals surface area contributed by atoms with Gasteiger partial charge in [0.2, 0.25) is 12.7 Å². The fourth-order valence-corrected chi connectivity index (χ4v) is 5.79. The van der Waals surface area contributed by atoms with Gasteiger partial charge in [-0.05, 0) is 50.5 Å². The van der Waals surface area contributed by atoms with Crippen molar-refractivity contribution in [3.63, 3.8) is 0 Å². The maximum absolute atomic E-state index is 13.2. The highest BCUT2D eigenvalue weighted by molar-refractivity contribution is 7.90. The van der Waals surface area contributed by atoms with Crippen molar-refractivity contribution in [2.24, 2.45) is 5.92 Å². The van der Waals surface area contributed by atoms with E-state index < -0.39 is 15.9 Å². The maximum atomic E-state index is 13.2. The van der Waals surface area contributed by atoms with Crippen LogP contribution < -0.4 is 23.8 Å². The predicted molar refractivity (Wildman–Crippen MR) is 137 cm³/mol. The summed E-state index contributed by atoms with van der Waals surface area (Å²) in [6.45, 7) is 7.26. The number of nitrogens with one attached hydrogen (secondary N) is 1. The molecule has 1 saturated heterocycles. The number of pyridine rings is 2. The van der Waals surface area contributed by atoms with Crippen LogP contribution in [-0.4, -0.2) is 43.2 Å². The van der Waals surface area contributed by atoms with E-state index in [4.69, 9.17) is 14.2 Å². The molecule has 2 aliphatic heterocycles. The normalized spacial score (nSPS) is 18.0. The highest BCUT2D eigenvalue weighted by atomic mass is 32.2. The molecule has 1 amide bonds. The average Bonchev–Trinajstić information content (AvgIpc) is 3.45. The Labute approximate surface area is 217 Å². The standard InChI is InChI=1S/C26H28N4O6S.H2/c1-17-13-26(2,3)30(14-17)24-19(8-6-12-27-24)25(31)29-37(32,33)22-11-5-10-21(28-22)34-15-18-7-4-9-20-23(18)36-16-35-20;/h4-12,17H,13-16H2,1-3H3,(H,29,31);1H. The summed E-state index contributed by atoms with van der Waals surface area (Å²) in [6.07, 6.45) is 2.53. The lowest BCUT2D eigenvalue weighted by atomic mass is 9.97. The number of benzene rings is 1. The number of hydrogen-bond donors (Lipinski definition) is 1. The van der Waals surface area contributed by atoms with Gasteiger partial charge in [-0.2, -0.15) is 13.4 Å². The Balaban J connectivity index is 0.00000336. The van der Waals surface area contributed by atoms with Crippen LogP contribution in [0, 0.1) is 5.92 Å². The number of para-hydroxylation sites is 1. The Morgan fingerprint density at radius 1 is 1.19 bits per heavy atom. The molecule has 4 heterocycles. The van der Waals surface area contributed by atoms with Gasteiger partial charge in [0.1, 0.15) is 12.4 Å². The van der Waals surface area contributed by atoms with E-state index in [9.17, 15) is 13.2 Å². The number of carbonyl (C=O) groups is 1. The molecule has 0 saturated carbocycles. The number of carbonyl (C=O) groups excluding carboxylic acids is 1. The molecule has 2 aromatic heterocycles. The van der Waals surface area contributed by atoms with Gasteiger partial charge in [0, 0.05) is 31.3 Å². The summed E-state index contributed by atoms with van der Waals surface area (Å²) < 4.78 is 44.9. The Hall–Kier alpha value is -3.86. The summed E-state index contributed by atoms with van der Waals surface area (Å²) in [6, 6.07) is 12.9. The van der Waals surface area contributed by atoms with Crippen LogP contribution in [0.1, 0.15) is 44.5 Å². The van der Waals surface area contributed by atoms with Gasteiger partial charge >= 0.3 is 0 Å². The SMILES string of the molecule is CC1CN(c2ncccc2C(=O)NS(=O)(=O)c2cccc(OCc3cccc4c3OCO4)n2)C(C)(C)C1.[HH]. The van der Waals surface area contributed by atoms with E-state index in [1.165, 1.54) is 18.2 Å². The molecule has 196 valence electrons. The Bertz CT molecular complexity index is 1450. The molecule has 37 heavy (non-hydrogen) atoms. The maximum Gasteiger partial charge on any atom is 0.281 e. The van der Waals surface area contributed by atoms with Gasteiger partial charge in [-0.1, -0.05) is 25.1 Å². The zero-order chi connectivity index (χ0) is 26.2. The average molecular weight is 527 g/mol. The first-order chi connectivity index (χ1) is 17.6. The number of nitrogens with zero attached hydrogens (tertiary/aromatic N) is 3. The molecule has 0 bridgehead atoms. The van der Waals surface area contributed by atoms with E-state index in [-0.39, 0.29) is 36.8 Å². The van der Waals surface area contributed by atoms with E-state index in [1.54, 1.807) is 24.4 Å². The molecule has 5 rings (SSSR count). The van der Waals surface area contributed by atoms with Crippen LogP contribution in [0.3, 0.4) is 0 Å². The number of amides is 1. The highest BCUT2D eigenvalue weighted by Crippen LogP contribution is 2.37. The topological polar surface area (TPSA) is 120 Å². The Kier molecular flexibility index (Phi) is 6.40. The van der Waals surface area contributed by atoms with Gasteiger partial charge in [0.15, 0.2) is 16.5 Å². The summed E-state index contributed by atoms with van der Waals surface area (Å²) in [5.41, 5.74) is 0.702. The molecule has 11 heteroatoms. The van der Waals surface area contributed by atoms with Gasteiger partial charge in [-0.25, -0.2) is 9.71 Å². The third-order valence-corrected chi connectivity index (χ3v) is 7.65. The van der Waals surface area contributed by atoms with Crippen molar-refractivity contribution in [3.05, 3.63) is 65.9 Å². The molecule has 1 aromatic carbocycles. The zero-order valence-electron chi connectivity index (χ0n) is 20.8. The minimum atomic E-state index is -4.28. The van der Waals surface area contributed by atoms with Crippen LogP contribution in [0.15, 0.2) is 59.8 Å². The molecule has 0 aliphatic carbocycles. The van der Waals surface area contributed by atoms with Gasteiger partial charge in [0.25, 0.3) is 15.9 Å². The third kappa shape index (κ3) is 5.04. The molecule has 1 atom stereocenters. The van der Waals surface area contributed by atoms with Gasteiger partial charge in [-0.15, -0.1) is 0 Å². The smallest absolute Gasteiger partial charge is 0.281 e. The van der Waals surface area contributed by atoms with E-state index in [0.717, 1.165) is 18.5 Å². The quantitative estimate of drug-likeness (QED) is 0.490. The van der Waals surface area contributed by atoms with Gasteiger partial charge < -0.3 is 19.1 Å². The molecule has 1 fully saturated rings. The van der Waals surface area contributed by atoms with Crippen LogP contribution in [0.25, 0.3) is 0 Å². The summed E-state index contributed by atoms with van der Waals surface area (Å²) >= 11 is 0. The number of aromatic nitrogens is 2. The number of rotatable bonds is 7. The molecule has 3 aromatic rings. The zero-order valence-corrected chi connectivity index (χ0v) is 21.6. The number of sulfonamides is 1. The molecule has 1 unspecified atom stereocenters. The van der Waals surface area contributed by atoms with E-state index in [1.807, 2.05) is 12.1 Å². The van der Waals surface area contributed by atoms with Crippen molar-refractivity contribution in [2.45, 2.75) is 44.4 Å². The minimum absolute atomic E-state index is 0. The number of ether oxygens (including phenoxy) is 3. The van der Waals surface area contributed by atoms with Crippen LogP contribution in [0.4, 0.5) is 5.82 Å². The monoisotopic (exact) mass is 526 g/mol. The predicted octanol–water partition coefficient (Wildman–Crippen LogP) is 3.77. The lowest BCUT2D eigenvalue weighted by Crippen LogP contribution is -2.41. The fraction of sp³-hybridized carbons (Fsp3) is 0.346. The van der Waals surface area contributed by atoms with E-state index >= 15 is 0 Å². The van der Waals surface area contributed by atoms with Crippen molar-refractivity contribution in [1.82, 2.24) is 14.7 Å². The van der Waals surface area contributed by atoms with Crippen molar-refractivity contribution >= 4 is 21.7 Å². The minimum Gasteiger partial charge on any atom is -0.473 e. The number of fused-ring (bicyclic) bond motifs is 1. The molecule has 1 N–H and O–H groups in total. The van der Waals surface area contributed by atoms with Gasteiger partial charge in [-0.3, -0.25) is 4.79 Å². The second-order valence-electron chi connectivity index (χ2n) is 9.80. The van der Waals surface area contributed by atoms with E-state index in [2.05, 4.69) is 40.4 Å². The van der Waals surface area contributed by atoms with Crippen LogP contribution >= 0.6 is 0 Å². The van der Waals surface area contributed by atoms with Crippen molar-refractivity contribution in [3.8, 4) is 17.4 Å². The van der Waals surface area contributed by atoms with Crippen molar-refractivity contribution in [2.75, 3.05) is 18.2 Å². The summed E-state index contributed by atoms with van der Waals surface area (Å²) in [5.74, 6) is 1.39. The lowest BCUT2D eigenvalue weighted by Gasteiger charge is -2.33. The van der Waals surface area contributed by atoms with Gasteiger partial charge in [0.05, 0.1) is 5.56 Å². The second-order valence-corrected chi connectivity index (χ2v) is 11.4. The number of hydrogen-bond acceptors (Lipinski definition) is 9. The van der Waals surface area contributed by atoms with Crippen LogP contribution in [-0.2, 0) is 16.6 Å². The summed E-state index contributed by atoms with van der Waals surface area (Å²) in [5, 5.41) is -0.336. The largest absolute Gasteiger partial charge is 0.473 e. The Morgan fingerprint density at radius 3 is 2.78 bits per heavy atom. The van der Waals surface area contributed by atoms with Crippen molar-refractivity contribution < 1.29 is 28.8 Å². The molecule has 0 radical (unpaired) electrons. The fourth-order valence-electron chi connectivity index (χ4n) is 4.86.